The molecule has 1 saturated heterocycles. The van der Waals surface area contributed by atoms with Crippen molar-refractivity contribution in [1.29, 1.82) is 0 Å². The Hall–Kier alpha value is -2.39. The number of hydrogen-bond donors (Lipinski definition) is 1. The summed E-state index contributed by atoms with van der Waals surface area (Å²) in [5.41, 5.74) is -3.13. The highest BCUT2D eigenvalue weighted by atomic mass is 19.4. The van der Waals surface area contributed by atoms with Gasteiger partial charge < -0.3 is 10.0 Å². The standard InChI is InChI=1S/C11H10F3N3O4/c12-11(13,14)10(9(18)19)3-4-16(6-10)8-2-1-7(5-15-8)17(20)21/h1-2,5H,3-4,6H2,(H,18,19). The molecule has 1 aromatic rings. The summed E-state index contributed by atoms with van der Waals surface area (Å²) in [4.78, 5) is 25.7. The number of rotatable bonds is 3. The van der Waals surface area contributed by atoms with E-state index in [1.165, 1.54) is 6.07 Å². The van der Waals surface area contributed by atoms with Crippen LogP contribution in [0.4, 0.5) is 24.7 Å². The molecule has 0 saturated carbocycles. The molecule has 0 radical (unpaired) electrons. The van der Waals surface area contributed by atoms with Crippen LogP contribution >= 0.6 is 0 Å². The van der Waals surface area contributed by atoms with E-state index in [-0.39, 0.29) is 18.1 Å². The zero-order valence-corrected chi connectivity index (χ0v) is 10.5. The van der Waals surface area contributed by atoms with E-state index in [9.17, 15) is 28.1 Å². The molecule has 7 nitrogen and oxygen atoms in total. The topological polar surface area (TPSA) is 96.6 Å². The van der Waals surface area contributed by atoms with Gasteiger partial charge in [0.1, 0.15) is 12.0 Å². The molecule has 21 heavy (non-hydrogen) atoms. The lowest BCUT2D eigenvalue weighted by molar-refractivity contribution is -0.385. The molecule has 10 heteroatoms. The lowest BCUT2D eigenvalue weighted by atomic mass is 9.86. The molecule has 1 unspecified atom stereocenters. The number of nitrogens with zero attached hydrogens (tertiary/aromatic N) is 3. The SMILES string of the molecule is O=C(O)C1(C(F)(F)F)CCN(c2ccc([N+](=O)[O-])cn2)C1. The largest absolute Gasteiger partial charge is 0.481 e. The molecule has 1 aliphatic heterocycles. The number of hydrogen-bond acceptors (Lipinski definition) is 5. The molecule has 0 bridgehead atoms. The summed E-state index contributed by atoms with van der Waals surface area (Å²) in [6.07, 6.45) is -4.55. The monoisotopic (exact) mass is 305 g/mol. The average molecular weight is 305 g/mol. The van der Waals surface area contributed by atoms with E-state index in [1.54, 1.807) is 0 Å². The minimum atomic E-state index is -4.88. The Bertz CT molecular complexity index is 575. The minimum Gasteiger partial charge on any atom is -0.481 e. The number of aliphatic carboxylic acids is 1. The second kappa shape index (κ2) is 4.86. The second-order valence-electron chi connectivity index (χ2n) is 4.69. The van der Waals surface area contributed by atoms with Gasteiger partial charge >= 0.3 is 12.1 Å². The fraction of sp³-hybridized carbons (Fsp3) is 0.455. The number of carboxylic acid groups (broad SMARTS) is 1. The van der Waals surface area contributed by atoms with Gasteiger partial charge in [-0.25, -0.2) is 4.98 Å². The molecule has 1 aromatic heterocycles. The lowest BCUT2D eigenvalue weighted by Gasteiger charge is -2.27. The van der Waals surface area contributed by atoms with Crippen LogP contribution < -0.4 is 4.90 Å². The van der Waals surface area contributed by atoms with Gasteiger partial charge in [0.25, 0.3) is 5.69 Å². The van der Waals surface area contributed by atoms with Gasteiger partial charge in [-0.2, -0.15) is 13.2 Å². The Kier molecular flexibility index (Phi) is 3.47. The fourth-order valence-electron chi connectivity index (χ4n) is 2.21. The molecule has 0 amide bonds. The molecule has 1 fully saturated rings. The van der Waals surface area contributed by atoms with Crippen molar-refractivity contribution >= 4 is 17.5 Å². The molecule has 0 spiro atoms. The van der Waals surface area contributed by atoms with Gasteiger partial charge in [0.2, 0.25) is 0 Å². The molecule has 2 rings (SSSR count). The van der Waals surface area contributed by atoms with Gasteiger partial charge in [0.15, 0.2) is 5.41 Å². The summed E-state index contributed by atoms with van der Waals surface area (Å²) in [6, 6.07) is 2.31. The molecule has 0 aromatic carbocycles. The Morgan fingerprint density at radius 1 is 1.48 bits per heavy atom. The Morgan fingerprint density at radius 3 is 2.52 bits per heavy atom. The molecule has 1 N–H and O–H groups in total. The van der Waals surface area contributed by atoms with Crippen molar-refractivity contribution in [2.75, 3.05) is 18.0 Å². The molecular weight excluding hydrogens is 295 g/mol. The maximum Gasteiger partial charge on any atom is 0.406 e. The van der Waals surface area contributed by atoms with Gasteiger partial charge in [-0.3, -0.25) is 14.9 Å². The molecule has 114 valence electrons. The number of carboxylic acids is 1. The van der Waals surface area contributed by atoms with Crippen molar-refractivity contribution in [3.05, 3.63) is 28.4 Å². The van der Waals surface area contributed by atoms with E-state index >= 15 is 0 Å². The third kappa shape index (κ3) is 2.48. The maximum atomic E-state index is 13.0. The number of pyridine rings is 1. The van der Waals surface area contributed by atoms with Gasteiger partial charge in [-0.05, 0) is 12.5 Å². The highest BCUT2D eigenvalue weighted by Gasteiger charge is 2.63. The number of alkyl halides is 3. The van der Waals surface area contributed by atoms with E-state index in [0.29, 0.717) is 0 Å². The maximum absolute atomic E-state index is 13.0. The van der Waals surface area contributed by atoms with Gasteiger partial charge in [-0.1, -0.05) is 0 Å². The Labute approximate surface area is 116 Å². The van der Waals surface area contributed by atoms with Crippen molar-refractivity contribution in [2.45, 2.75) is 12.6 Å². The molecule has 1 atom stereocenters. The van der Waals surface area contributed by atoms with Crippen molar-refractivity contribution in [1.82, 2.24) is 4.98 Å². The molecule has 1 aliphatic rings. The van der Waals surface area contributed by atoms with Gasteiger partial charge in [0, 0.05) is 19.2 Å². The summed E-state index contributed by atoms with van der Waals surface area (Å²) >= 11 is 0. The zero-order valence-electron chi connectivity index (χ0n) is 10.5. The van der Waals surface area contributed by atoms with E-state index in [0.717, 1.165) is 17.2 Å². The zero-order chi connectivity index (χ0) is 15.8. The van der Waals surface area contributed by atoms with Crippen LogP contribution in [-0.4, -0.2) is 40.2 Å². The van der Waals surface area contributed by atoms with Crippen LogP contribution in [0.15, 0.2) is 18.3 Å². The quantitative estimate of drug-likeness (QED) is 0.676. The predicted octanol–water partition coefficient (Wildman–Crippen LogP) is 1.83. The van der Waals surface area contributed by atoms with E-state index in [1.807, 2.05) is 0 Å². The fourth-order valence-corrected chi connectivity index (χ4v) is 2.21. The van der Waals surface area contributed by atoms with Crippen molar-refractivity contribution < 1.29 is 28.0 Å². The van der Waals surface area contributed by atoms with Crippen LogP contribution in [0, 0.1) is 15.5 Å². The number of carbonyl (C=O) groups is 1. The third-order valence-corrected chi connectivity index (χ3v) is 3.49. The van der Waals surface area contributed by atoms with Crippen LogP contribution in [0.2, 0.25) is 0 Å². The van der Waals surface area contributed by atoms with E-state index in [2.05, 4.69) is 4.98 Å². The van der Waals surface area contributed by atoms with Gasteiger partial charge in [0.05, 0.1) is 4.92 Å². The van der Waals surface area contributed by atoms with Crippen molar-refractivity contribution in [3.8, 4) is 0 Å². The van der Waals surface area contributed by atoms with Crippen LogP contribution in [0.25, 0.3) is 0 Å². The first-order valence-corrected chi connectivity index (χ1v) is 5.83. The smallest absolute Gasteiger partial charge is 0.406 e. The Balaban J connectivity index is 2.25. The van der Waals surface area contributed by atoms with Crippen LogP contribution in [0.5, 0.6) is 0 Å². The first kappa shape index (κ1) is 15.0. The summed E-state index contributed by atoms with van der Waals surface area (Å²) < 4.78 is 39.0. The molecular formula is C11H10F3N3O4. The summed E-state index contributed by atoms with van der Waals surface area (Å²) in [5, 5.41) is 19.4. The summed E-state index contributed by atoms with van der Waals surface area (Å²) in [6.45, 7) is -0.909. The first-order chi connectivity index (χ1) is 9.67. The summed E-state index contributed by atoms with van der Waals surface area (Å²) in [7, 11) is 0. The second-order valence-corrected chi connectivity index (χ2v) is 4.69. The van der Waals surface area contributed by atoms with Crippen molar-refractivity contribution in [3.63, 3.8) is 0 Å². The average Bonchev–Trinajstić information content (AvgIpc) is 2.84. The minimum absolute atomic E-state index is 0.0768. The van der Waals surface area contributed by atoms with Crippen LogP contribution in [0.1, 0.15) is 6.42 Å². The van der Waals surface area contributed by atoms with Gasteiger partial charge in [-0.15, -0.1) is 0 Å². The normalized spacial score (nSPS) is 22.3. The highest BCUT2D eigenvalue weighted by Crippen LogP contribution is 2.46. The number of anilines is 1. The molecule has 2 heterocycles. The first-order valence-electron chi connectivity index (χ1n) is 5.83. The lowest BCUT2D eigenvalue weighted by Crippen LogP contribution is -2.47. The number of nitro groups is 1. The van der Waals surface area contributed by atoms with E-state index in [4.69, 9.17) is 5.11 Å². The predicted molar refractivity (Wildman–Crippen MR) is 63.8 cm³/mol. The van der Waals surface area contributed by atoms with Crippen LogP contribution in [-0.2, 0) is 4.79 Å². The highest BCUT2D eigenvalue weighted by molar-refractivity contribution is 5.77. The summed E-state index contributed by atoms with van der Waals surface area (Å²) in [5.74, 6) is -1.85. The number of aromatic nitrogens is 1. The van der Waals surface area contributed by atoms with E-state index < -0.39 is 35.4 Å². The number of halogens is 3. The Morgan fingerprint density at radius 2 is 2.14 bits per heavy atom. The molecule has 0 aliphatic carbocycles. The van der Waals surface area contributed by atoms with Crippen LogP contribution in [0.3, 0.4) is 0 Å². The third-order valence-electron chi connectivity index (χ3n) is 3.49. The van der Waals surface area contributed by atoms with Crippen molar-refractivity contribution in [2.24, 2.45) is 5.41 Å².